The maximum Gasteiger partial charge on any atom is 0.317 e. The number of hydrogen-bond donors (Lipinski definition) is 1. The fourth-order valence-corrected chi connectivity index (χ4v) is 3.53. The molecule has 1 aromatic carbocycles. The highest BCUT2D eigenvalue weighted by molar-refractivity contribution is 5.74. The number of piperidine rings is 1. The minimum absolute atomic E-state index is 0.0100. The second kappa shape index (κ2) is 8.56. The third-order valence-electron chi connectivity index (χ3n) is 5.41. The molecule has 0 spiro atoms. The molecular weight excluding hydrogens is 314 g/mol. The molecule has 1 N–H and O–H groups in total. The Hall–Kier alpha value is -1.75. The third kappa shape index (κ3) is 4.88. The molecular formula is C20H31N3O2. The number of ether oxygens (including phenoxy) is 1. The van der Waals surface area contributed by atoms with Crippen LogP contribution in [0.1, 0.15) is 38.7 Å². The molecule has 25 heavy (non-hydrogen) atoms. The first kappa shape index (κ1) is 18.1. The van der Waals surface area contributed by atoms with Crippen LogP contribution in [0.3, 0.4) is 0 Å². The highest BCUT2D eigenvalue weighted by atomic mass is 16.5. The lowest BCUT2D eigenvalue weighted by Gasteiger charge is -2.32. The number of amides is 2. The van der Waals surface area contributed by atoms with Gasteiger partial charge in [-0.15, -0.1) is 0 Å². The summed E-state index contributed by atoms with van der Waals surface area (Å²) in [6.45, 7) is 9.29. The van der Waals surface area contributed by atoms with Crippen molar-refractivity contribution in [1.29, 1.82) is 0 Å². The van der Waals surface area contributed by atoms with Crippen molar-refractivity contribution in [2.75, 3.05) is 37.7 Å². The van der Waals surface area contributed by atoms with Crippen LogP contribution in [-0.2, 0) is 11.3 Å². The monoisotopic (exact) mass is 345 g/mol. The van der Waals surface area contributed by atoms with Crippen molar-refractivity contribution in [3.8, 4) is 0 Å². The molecule has 2 saturated heterocycles. The summed E-state index contributed by atoms with van der Waals surface area (Å²) in [5.41, 5.74) is 2.43. The van der Waals surface area contributed by atoms with Crippen molar-refractivity contribution in [2.24, 2.45) is 5.92 Å². The highest BCUT2D eigenvalue weighted by Gasteiger charge is 2.22. The van der Waals surface area contributed by atoms with Gasteiger partial charge in [-0.2, -0.15) is 0 Å². The quantitative estimate of drug-likeness (QED) is 0.911. The zero-order chi connectivity index (χ0) is 17.6. The van der Waals surface area contributed by atoms with Crippen molar-refractivity contribution < 1.29 is 9.53 Å². The Balaban J connectivity index is 1.47. The molecule has 5 nitrogen and oxygen atoms in total. The van der Waals surface area contributed by atoms with Crippen molar-refractivity contribution in [3.63, 3.8) is 0 Å². The van der Waals surface area contributed by atoms with E-state index in [1.54, 1.807) is 0 Å². The van der Waals surface area contributed by atoms with Crippen LogP contribution in [0.15, 0.2) is 24.3 Å². The summed E-state index contributed by atoms with van der Waals surface area (Å²) in [4.78, 5) is 16.7. The van der Waals surface area contributed by atoms with Gasteiger partial charge in [0, 0.05) is 38.4 Å². The lowest BCUT2D eigenvalue weighted by atomic mass is 9.99. The summed E-state index contributed by atoms with van der Waals surface area (Å²) in [6, 6.07) is 8.62. The number of morpholine rings is 1. The van der Waals surface area contributed by atoms with Gasteiger partial charge in [-0.1, -0.05) is 26.0 Å². The van der Waals surface area contributed by atoms with Gasteiger partial charge < -0.3 is 19.9 Å². The molecule has 2 fully saturated rings. The zero-order valence-electron chi connectivity index (χ0n) is 15.5. The average molecular weight is 345 g/mol. The number of rotatable bonds is 4. The predicted molar refractivity (Wildman–Crippen MR) is 101 cm³/mol. The minimum atomic E-state index is 0.0100. The van der Waals surface area contributed by atoms with Crippen LogP contribution < -0.4 is 10.2 Å². The van der Waals surface area contributed by atoms with Gasteiger partial charge >= 0.3 is 6.03 Å². The van der Waals surface area contributed by atoms with Crippen LogP contribution in [0.4, 0.5) is 10.5 Å². The fourth-order valence-electron chi connectivity index (χ4n) is 3.53. The number of carbonyl (C=O) groups is 1. The Morgan fingerprint density at radius 3 is 2.60 bits per heavy atom. The van der Waals surface area contributed by atoms with E-state index >= 15 is 0 Å². The largest absolute Gasteiger partial charge is 0.375 e. The SMILES string of the molecule is CCC1CN(C(=O)NCc2ccc(N3CCC(C)CC3)cc2)CCO1. The summed E-state index contributed by atoms with van der Waals surface area (Å²) in [6.07, 6.45) is 3.67. The van der Waals surface area contributed by atoms with Crippen LogP contribution in [0.25, 0.3) is 0 Å². The van der Waals surface area contributed by atoms with E-state index < -0.39 is 0 Å². The molecule has 1 atom stereocenters. The Morgan fingerprint density at radius 2 is 1.92 bits per heavy atom. The maximum absolute atomic E-state index is 12.3. The molecule has 0 saturated carbocycles. The van der Waals surface area contributed by atoms with E-state index in [-0.39, 0.29) is 12.1 Å². The maximum atomic E-state index is 12.3. The molecule has 1 unspecified atom stereocenters. The number of hydrogen-bond acceptors (Lipinski definition) is 3. The van der Waals surface area contributed by atoms with E-state index in [0.29, 0.717) is 26.2 Å². The molecule has 3 rings (SSSR count). The summed E-state index contributed by atoms with van der Waals surface area (Å²) in [5, 5.41) is 3.04. The molecule has 0 bridgehead atoms. The number of nitrogens with one attached hydrogen (secondary N) is 1. The second-order valence-corrected chi connectivity index (χ2v) is 7.34. The molecule has 0 aromatic heterocycles. The Bertz CT molecular complexity index is 553. The van der Waals surface area contributed by atoms with Crippen molar-refractivity contribution in [3.05, 3.63) is 29.8 Å². The molecule has 1 aromatic rings. The summed E-state index contributed by atoms with van der Waals surface area (Å²) in [7, 11) is 0. The molecule has 0 radical (unpaired) electrons. The number of anilines is 1. The first-order valence-corrected chi connectivity index (χ1v) is 9.64. The second-order valence-electron chi connectivity index (χ2n) is 7.34. The summed E-state index contributed by atoms with van der Waals surface area (Å²) < 4.78 is 5.62. The first-order valence-electron chi connectivity index (χ1n) is 9.64. The number of urea groups is 1. The lowest BCUT2D eigenvalue weighted by Crippen LogP contribution is -2.49. The Kier molecular flexibility index (Phi) is 6.19. The Morgan fingerprint density at radius 1 is 1.20 bits per heavy atom. The van der Waals surface area contributed by atoms with Gasteiger partial charge in [-0.3, -0.25) is 0 Å². The normalized spacial score (nSPS) is 22.1. The van der Waals surface area contributed by atoms with E-state index in [1.165, 1.54) is 18.5 Å². The van der Waals surface area contributed by atoms with E-state index in [4.69, 9.17) is 4.74 Å². The fraction of sp³-hybridized carbons (Fsp3) is 0.650. The van der Waals surface area contributed by atoms with Gasteiger partial charge in [0.25, 0.3) is 0 Å². The van der Waals surface area contributed by atoms with Gasteiger partial charge in [0.05, 0.1) is 12.7 Å². The van der Waals surface area contributed by atoms with E-state index in [0.717, 1.165) is 31.0 Å². The number of benzene rings is 1. The summed E-state index contributed by atoms with van der Waals surface area (Å²) in [5.74, 6) is 0.846. The molecule has 138 valence electrons. The zero-order valence-corrected chi connectivity index (χ0v) is 15.5. The average Bonchev–Trinajstić information content (AvgIpc) is 2.67. The van der Waals surface area contributed by atoms with Gasteiger partial charge in [0.2, 0.25) is 0 Å². The van der Waals surface area contributed by atoms with Crippen molar-refractivity contribution in [1.82, 2.24) is 10.2 Å². The van der Waals surface area contributed by atoms with Crippen LogP contribution in [0, 0.1) is 5.92 Å². The van der Waals surface area contributed by atoms with Crippen LogP contribution >= 0.6 is 0 Å². The van der Waals surface area contributed by atoms with E-state index in [1.807, 2.05) is 4.90 Å². The predicted octanol–water partition coefficient (Wildman–Crippen LogP) is 3.24. The lowest BCUT2D eigenvalue weighted by molar-refractivity contribution is -0.0154. The smallest absolute Gasteiger partial charge is 0.317 e. The first-order chi connectivity index (χ1) is 12.2. The molecule has 2 aliphatic rings. The van der Waals surface area contributed by atoms with Gasteiger partial charge in [-0.05, 0) is 42.9 Å². The van der Waals surface area contributed by atoms with Crippen molar-refractivity contribution >= 4 is 11.7 Å². The van der Waals surface area contributed by atoms with Gasteiger partial charge in [0.1, 0.15) is 0 Å². The standard InChI is InChI=1S/C20H31N3O2/c1-3-19-15-23(12-13-25-19)20(24)21-14-17-4-6-18(7-5-17)22-10-8-16(2)9-11-22/h4-7,16,19H,3,8-15H2,1-2H3,(H,21,24). The summed E-state index contributed by atoms with van der Waals surface area (Å²) >= 11 is 0. The molecule has 2 aliphatic heterocycles. The molecule has 2 heterocycles. The molecule has 2 amide bonds. The number of nitrogens with zero attached hydrogens (tertiary/aromatic N) is 2. The van der Waals surface area contributed by atoms with Crippen molar-refractivity contribution in [2.45, 2.75) is 45.8 Å². The van der Waals surface area contributed by atoms with Gasteiger partial charge in [-0.25, -0.2) is 4.79 Å². The molecule has 5 heteroatoms. The van der Waals surface area contributed by atoms with E-state index in [2.05, 4.69) is 48.3 Å². The Labute approximate surface area is 151 Å². The van der Waals surface area contributed by atoms with E-state index in [9.17, 15) is 4.79 Å². The van der Waals surface area contributed by atoms with Gasteiger partial charge in [0.15, 0.2) is 0 Å². The molecule has 0 aliphatic carbocycles. The number of carbonyl (C=O) groups excluding carboxylic acids is 1. The third-order valence-corrected chi connectivity index (χ3v) is 5.41. The highest BCUT2D eigenvalue weighted by Crippen LogP contribution is 2.23. The van der Waals surface area contributed by atoms with Crippen LogP contribution in [0.2, 0.25) is 0 Å². The topological polar surface area (TPSA) is 44.8 Å². The minimum Gasteiger partial charge on any atom is -0.375 e. The van der Waals surface area contributed by atoms with Crippen LogP contribution in [0.5, 0.6) is 0 Å². The van der Waals surface area contributed by atoms with Crippen LogP contribution in [-0.4, -0.2) is 49.8 Å².